The summed E-state index contributed by atoms with van der Waals surface area (Å²) in [5.74, 6) is -0.898. The molecule has 0 saturated carbocycles. The van der Waals surface area contributed by atoms with Gasteiger partial charge in [0.05, 0.1) is 7.11 Å². The number of methoxy groups -OCH3 is 1. The van der Waals surface area contributed by atoms with Crippen LogP contribution in [0, 0.1) is 6.92 Å². The minimum Gasteiger partial charge on any atom is -0.481 e. The van der Waals surface area contributed by atoms with E-state index in [2.05, 4.69) is 9.97 Å². The van der Waals surface area contributed by atoms with E-state index in [1.54, 1.807) is 6.92 Å². The summed E-state index contributed by atoms with van der Waals surface area (Å²) in [5.41, 5.74) is 0.567. The van der Waals surface area contributed by atoms with Gasteiger partial charge >= 0.3 is 12.0 Å². The first-order valence-corrected chi connectivity index (χ1v) is 9.55. The molecule has 0 bridgehead atoms. The minimum absolute atomic E-state index is 0.110. The average molecular weight is 408 g/mol. The quantitative estimate of drug-likeness (QED) is 0.578. The van der Waals surface area contributed by atoms with Gasteiger partial charge in [0.25, 0.3) is 0 Å². The summed E-state index contributed by atoms with van der Waals surface area (Å²) in [4.78, 5) is 20.8. The number of aryl methyl sites for hydroxylation is 1. The molecule has 0 radical (unpaired) electrons. The predicted molar refractivity (Wildman–Crippen MR) is 111 cm³/mol. The van der Waals surface area contributed by atoms with Crippen LogP contribution in [0.25, 0.3) is 0 Å². The molecule has 3 rings (SSSR count). The lowest BCUT2D eigenvalue weighted by Gasteiger charge is -2.38. The normalized spacial score (nSPS) is 12.2. The molecule has 0 fully saturated rings. The van der Waals surface area contributed by atoms with E-state index >= 15 is 0 Å². The van der Waals surface area contributed by atoms with Gasteiger partial charge in [0, 0.05) is 18.4 Å². The number of carboxylic acid groups (broad SMARTS) is 1. The zero-order valence-electron chi connectivity index (χ0n) is 17.1. The van der Waals surface area contributed by atoms with E-state index in [0.717, 1.165) is 0 Å². The Morgan fingerprint density at radius 1 is 1.07 bits per heavy atom. The third-order valence-electron chi connectivity index (χ3n) is 4.69. The van der Waals surface area contributed by atoms with Crippen LogP contribution in [-0.2, 0) is 15.1 Å². The zero-order chi connectivity index (χ0) is 21.6. The highest BCUT2D eigenvalue weighted by Crippen LogP contribution is 2.39. The second-order valence-electron chi connectivity index (χ2n) is 6.58. The van der Waals surface area contributed by atoms with Gasteiger partial charge in [-0.15, -0.1) is 0 Å². The average Bonchev–Trinajstić information content (AvgIpc) is 2.78. The topological polar surface area (TPSA) is 90.8 Å². The maximum absolute atomic E-state index is 12.5. The molecule has 1 unspecified atom stereocenters. The first-order valence-electron chi connectivity index (χ1n) is 9.55. The fourth-order valence-electron chi connectivity index (χ4n) is 3.40. The largest absolute Gasteiger partial charge is 0.481 e. The molecule has 7 nitrogen and oxygen atoms in total. The molecule has 30 heavy (non-hydrogen) atoms. The molecule has 0 aliphatic rings. The van der Waals surface area contributed by atoms with Crippen LogP contribution >= 0.6 is 0 Å². The zero-order valence-corrected chi connectivity index (χ0v) is 17.1. The van der Waals surface area contributed by atoms with Crippen molar-refractivity contribution >= 4 is 5.97 Å². The number of ether oxygens (including phenoxy) is 3. The lowest BCUT2D eigenvalue weighted by atomic mass is 9.81. The predicted octanol–water partition coefficient (Wildman–Crippen LogP) is 3.61. The van der Waals surface area contributed by atoms with Gasteiger partial charge in [-0.05, 0) is 25.0 Å². The van der Waals surface area contributed by atoms with Crippen LogP contribution in [0.2, 0.25) is 0 Å². The standard InChI is InChI=1S/C23H24N2O5/c1-4-29-23(17-11-7-5-8-12-17,18-13-9-6-10-14-18)19(21(26)27)30-22-24-15-16(2)20(25-22)28-3/h5-15,19H,4H2,1-3H3,(H,26,27). The van der Waals surface area contributed by atoms with Crippen LogP contribution in [-0.4, -0.2) is 40.9 Å². The van der Waals surface area contributed by atoms with Gasteiger partial charge in [-0.3, -0.25) is 0 Å². The van der Waals surface area contributed by atoms with Crippen LogP contribution < -0.4 is 9.47 Å². The Bertz CT molecular complexity index is 940. The van der Waals surface area contributed by atoms with Crippen molar-refractivity contribution in [3.63, 3.8) is 0 Å². The summed E-state index contributed by atoms with van der Waals surface area (Å²) in [7, 11) is 1.48. The van der Waals surface area contributed by atoms with E-state index in [1.807, 2.05) is 67.6 Å². The lowest BCUT2D eigenvalue weighted by molar-refractivity contribution is -0.163. The molecule has 3 aromatic rings. The molecular weight excluding hydrogens is 384 g/mol. The third kappa shape index (κ3) is 4.11. The number of aromatic nitrogens is 2. The molecule has 0 aliphatic heterocycles. The molecule has 1 heterocycles. The van der Waals surface area contributed by atoms with Gasteiger partial charge in [-0.25, -0.2) is 9.78 Å². The van der Waals surface area contributed by atoms with Gasteiger partial charge in [-0.1, -0.05) is 60.7 Å². The number of nitrogens with zero attached hydrogens (tertiary/aromatic N) is 2. The highest BCUT2D eigenvalue weighted by molar-refractivity contribution is 5.76. The first-order chi connectivity index (χ1) is 14.5. The van der Waals surface area contributed by atoms with Crippen LogP contribution in [0.15, 0.2) is 66.9 Å². The summed E-state index contributed by atoms with van der Waals surface area (Å²) in [6, 6.07) is 18.2. The van der Waals surface area contributed by atoms with Crippen molar-refractivity contribution in [3.05, 3.63) is 83.6 Å². The van der Waals surface area contributed by atoms with Crippen LogP contribution in [0.3, 0.4) is 0 Å². The summed E-state index contributed by atoms with van der Waals surface area (Å²) in [5, 5.41) is 10.2. The van der Waals surface area contributed by atoms with Crippen molar-refractivity contribution in [2.75, 3.05) is 13.7 Å². The highest BCUT2D eigenvalue weighted by Gasteiger charge is 2.50. The Morgan fingerprint density at radius 3 is 2.10 bits per heavy atom. The third-order valence-corrected chi connectivity index (χ3v) is 4.69. The van der Waals surface area contributed by atoms with Gasteiger partial charge in [-0.2, -0.15) is 4.98 Å². The molecule has 7 heteroatoms. The Labute approximate surface area is 175 Å². The molecule has 1 aromatic heterocycles. The van der Waals surface area contributed by atoms with Gasteiger partial charge in [0.2, 0.25) is 12.0 Å². The smallest absolute Gasteiger partial charge is 0.348 e. The summed E-state index contributed by atoms with van der Waals surface area (Å²) < 4.78 is 17.3. The lowest BCUT2D eigenvalue weighted by Crippen LogP contribution is -2.51. The maximum atomic E-state index is 12.5. The SMILES string of the molecule is CCOC(c1ccccc1)(c1ccccc1)C(Oc1ncc(C)c(OC)n1)C(=O)O. The highest BCUT2D eigenvalue weighted by atomic mass is 16.6. The monoisotopic (exact) mass is 408 g/mol. The van der Waals surface area contributed by atoms with E-state index in [9.17, 15) is 9.90 Å². The molecule has 0 amide bonds. The molecule has 0 spiro atoms. The molecule has 2 aromatic carbocycles. The Hall–Kier alpha value is -3.45. The van der Waals surface area contributed by atoms with Gasteiger partial charge < -0.3 is 19.3 Å². The van der Waals surface area contributed by atoms with Crippen LogP contribution in [0.4, 0.5) is 0 Å². The van der Waals surface area contributed by atoms with Crippen molar-refractivity contribution in [2.45, 2.75) is 25.6 Å². The minimum atomic E-state index is -1.46. The number of carbonyl (C=O) groups is 1. The van der Waals surface area contributed by atoms with E-state index in [1.165, 1.54) is 13.3 Å². The van der Waals surface area contributed by atoms with Crippen LogP contribution in [0.1, 0.15) is 23.6 Å². The molecule has 1 N–H and O–H groups in total. The Kier molecular flexibility index (Phi) is 6.64. The first kappa shape index (κ1) is 21.3. The Balaban J connectivity index is 2.19. The number of hydrogen-bond donors (Lipinski definition) is 1. The molecule has 0 aliphatic carbocycles. The number of hydrogen-bond acceptors (Lipinski definition) is 6. The van der Waals surface area contributed by atoms with E-state index in [-0.39, 0.29) is 12.6 Å². The van der Waals surface area contributed by atoms with Gasteiger partial charge in [0.1, 0.15) is 0 Å². The van der Waals surface area contributed by atoms with Crippen molar-refractivity contribution in [3.8, 4) is 11.9 Å². The van der Waals surface area contributed by atoms with Gasteiger partial charge in [0.15, 0.2) is 5.60 Å². The van der Waals surface area contributed by atoms with Crippen molar-refractivity contribution in [1.29, 1.82) is 0 Å². The maximum Gasteiger partial charge on any atom is 0.348 e. The van der Waals surface area contributed by atoms with E-state index in [0.29, 0.717) is 22.6 Å². The number of carboxylic acids is 1. The second-order valence-corrected chi connectivity index (χ2v) is 6.58. The van der Waals surface area contributed by atoms with E-state index < -0.39 is 17.7 Å². The van der Waals surface area contributed by atoms with Crippen molar-refractivity contribution in [1.82, 2.24) is 9.97 Å². The number of benzene rings is 2. The van der Waals surface area contributed by atoms with Crippen molar-refractivity contribution < 1.29 is 24.1 Å². The summed E-state index contributed by atoms with van der Waals surface area (Å²) in [6.45, 7) is 3.86. The molecular formula is C23H24N2O5. The van der Waals surface area contributed by atoms with Crippen molar-refractivity contribution in [2.24, 2.45) is 0 Å². The number of rotatable bonds is 9. The summed E-state index contributed by atoms with van der Waals surface area (Å²) in [6.07, 6.45) is 0.0580. The molecule has 1 atom stereocenters. The molecule has 156 valence electrons. The fourth-order valence-corrected chi connectivity index (χ4v) is 3.40. The molecule has 0 saturated heterocycles. The number of aliphatic carboxylic acids is 1. The fraction of sp³-hybridized carbons (Fsp3) is 0.261. The summed E-state index contributed by atoms with van der Waals surface area (Å²) >= 11 is 0. The second kappa shape index (κ2) is 9.37. The Morgan fingerprint density at radius 2 is 1.63 bits per heavy atom. The van der Waals surface area contributed by atoms with Crippen LogP contribution in [0.5, 0.6) is 11.9 Å². The van der Waals surface area contributed by atoms with E-state index in [4.69, 9.17) is 14.2 Å².